The maximum Gasteiger partial charge on any atom is 0.257 e. The summed E-state index contributed by atoms with van der Waals surface area (Å²) in [5, 5.41) is 3.21. The van der Waals surface area contributed by atoms with Crippen LogP contribution in [0.25, 0.3) is 10.2 Å². The molecule has 0 saturated heterocycles. The van der Waals surface area contributed by atoms with Crippen LogP contribution in [0.3, 0.4) is 0 Å². The van der Waals surface area contributed by atoms with Crippen molar-refractivity contribution in [1.82, 2.24) is 4.98 Å². The Bertz CT molecular complexity index is 797. The Morgan fingerprint density at radius 2 is 2.10 bits per heavy atom. The van der Waals surface area contributed by atoms with Gasteiger partial charge >= 0.3 is 0 Å². The number of nitrogens with one attached hydrogen (secondary N) is 1. The van der Waals surface area contributed by atoms with Crippen molar-refractivity contribution in [1.29, 1.82) is 0 Å². The highest BCUT2D eigenvalue weighted by Crippen LogP contribution is 2.27. The molecule has 3 nitrogen and oxygen atoms in total. The molecule has 100 valence electrons. The number of halogens is 1. The van der Waals surface area contributed by atoms with E-state index in [0.29, 0.717) is 5.13 Å². The Hall–Kier alpha value is -2.27. The fourth-order valence-electron chi connectivity index (χ4n) is 1.88. The van der Waals surface area contributed by atoms with Crippen LogP contribution in [0.2, 0.25) is 0 Å². The molecule has 0 atom stereocenters. The number of aryl methyl sites for hydroxylation is 1. The van der Waals surface area contributed by atoms with Crippen molar-refractivity contribution in [3.63, 3.8) is 0 Å². The van der Waals surface area contributed by atoms with Gasteiger partial charge in [0.05, 0.1) is 10.2 Å². The number of fused-ring (bicyclic) bond motifs is 1. The van der Waals surface area contributed by atoms with Crippen LogP contribution in [0.4, 0.5) is 9.52 Å². The fraction of sp³-hybridized carbons (Fsp3) is 0.0667. The molecule has 0 fully saturated rings. The molecule has 1 heterocycles. The Labute approximate surface area is 119 Å². The molecule has 1 N–H and O–H groups in total. The van der Waals surface area contributed by atoms with Gasteiger partial charge in [-0.25, -0.2) is 9.37 Å². The monoisotopic (exact) mass is 285 g/mol. The first kappa shape index (κ1) is 12.7. The van der Waals surface area contributed by atoms with Gasteiger partial charge < -0.3 is 0 Å². The second kappa shape index (κ2) is 5.02. The third kappa shape index (κ3) is 2.53. The van der Waals surface area contributed by atoms with Crippen molar-refractivity contribution in [2.45, 2.75) is 6.92 Å². The van der Waals surface area contributed by atoms with Gasteiger partial charge in [0.2, 0.25) is 0 Å². The summed E-state index contributed by atoms with van der Waals surface area (Å²) in [6.07, 6.45) is 0. The molecule has 2 aromatic carbocycles. The van der Waals surface area contributed by atoms with Crippen LogP contribution < -0.4 is 5.32 Å². The minimum Gasteiger partial charge on any atom is -0.298 e. The van der Waals surface area contributed by atoms with Gasteiger partial charge in [-0.2, -0.15) is 0 Å². The molecule has 0 saturated carbocycles. The van der Waals surface area contributed by atoms with E-state index in [4.69, 9.17) is 0 Å². The fourth-order valence-corrected chi connectivity index (χ4v) is 2.84. The highest BCUT2D eigenvalue weighted by molar-refractivity contribution is 7.22. The van der Waals surface area contributed by atoms with E-state index in [0.717, 1.165) is 15.8 Å². The summed E-state index contributed by atoms with van der Waals surface area (Å²) < 4.78 is 14.1. The minimum absolute atomic E-state index is 0.278. The van der Waals surface area contributed by atoms with Gasteiger partial charge in [-0.15, -0.1) is 0 Å². The minimum atomic E-state index is -0.433. The zero-order chi connectivity index (χ0) is 14.1. The van der Waals surface area contributed by atoms with Gasteiger partial charge in [-0.3, -0.25) is 10.1 Å². The molecule has 0 aliphatic rings. The average molecular weight is 285 g/mol. The van der Waals surface area contributed by atoms with Gasteiger partial charge in [0.25, 0.3) is 5.91 Å². The largest absolute Gasteiger partial charge is 0.298 e. The topological polar surface area (TPSA) is 42.0 Å². The predicted molar refractivity (Wildman–Crippen MR) is 78.7 cm³/mol. The summed E-state index contributed by atoms with van der Waals surface area (Å²) in [6, 6.07) is 11.5. The van der Waals surface area contributed by atoms with Crippen molar-refractivity contribution in [2.24, 2.45) is 0 Å². The number of carbonyl (C=O) groups excluding carboxylic acids is 1. The lowest BCUT2D eigenvalue weighted by atomic mass is 10.2. The maximum atomic E-state index is 13.1. The van der Waals surface area contributed by atoms with Crippen molar-refractivity contribution in [3.8, 4) is 0 Å². The third-order valence-corrected chi connectivity index (χ3v) is 3.78. The number of aromatic nitrogens is 1. The number of amides is 1. The molecule has 0 aliphatic carbocycles. The van der Waals surface area contributed by atoms with E-state index in [1.807, 2.05) is 25.1 Å². The number of thiazole rings is 1. The molecule has 0 spiro atoms. The molecule has 0 bridgehead atoms. The summed E-state index contributed by atoms with van der Waals surface area (Å²) in [5.74, 6) is -0.794. The van der Waals surface area contributed by atoms with Crippen molar-refractivity contribution in [2.75, 3.05) is 5.32 Å². The second-order valence-electron chi connectivity index (χ2n) is 4.45. The van der Waals surface area contributed by atoms with E-state index in [1.165, 1.54) is 29.5 Å². The van der Waals surface area contributed by atoms with E-state index in [-0.39, 0.29) is 11.5 Å². The van der Waals surface area contributed by atoms with Crippen LogP contribution in [-0.4, -0.2) is 10.9 Å². The number of carbonyl (C=O) groups is 1. The summed E-state index contributed by atoms with van der Waals surface area (Å²) in [7, 11) is 0. The summed E-state index contributed by atoms with van der Waals surface area (Å²) in [6.45, 7) is 2.00. The Morgan fingerprint density at radius 3 is 2.90 bits per heavy atom. The van der Waals surface area contributed by atoms with Gasteiger partial charge in [0.15, 0.2) is 5.13 Å². The van der Waals surface area contributed by atoms with Crippen molar-refractivity contribution in [3.05, 3.63) is 59.4 Å². The zero-order valence-corrected chi connectivity index (χ0v) is 11.5. The highest BCUT2D eigenvalue weighted by atomic mass is 32.1. The number of benzene rings is 2. The van der Waals surface area contributed by atoms with Gasteiger partial charge in [0.1, 0.15) is 5.82 Å². The molecule has 3 aromatic rings. The quantitative estimate of drug-likeness (QED) is 0.773. The first-order valence-electron chi connectivity index (χ1n) is 6.06. The molecule has 0 unspecified atom stereocenters. The predicted octanol–water partition coefficient (Wildman–Crippen LogP) is 4.00. The molecule has 20 heavy (non-hydrogen) atoms. The molecule has 3 rings (SSSR count). The van der Waals surface area contributed by atoms with Crippen LogP contribution in [0.5, 0.6) is 0 Å². The standard InChI is InChI=1S/C15H11FN2OS/c1-9-5-6-12-13(7-9)20-15(17-12)18-14(19)10-3-2-4-11(16)8-10/h2-8H,1H3,(H,17,18,19)/i16-1. The summed E-state index contributed by atoms with van der Waals surface area (Å²) >= 11 is 1.40. The van der Waals surface area contributed by atoms with Gasteiger partial charge in [0, 0.05) is 5.56 Å². The van der Waals surface area contributed by atoms with Crippen molar-refractivity contribution >= 4 is 32.6 Å². The Kier molecular flexibility index (Phi) is 3.20. The van der Waals surface area contributed by atoms with E-state index in [2.05, 4.69) is 10.3 Å². The number of hydrogen-bond donors (Lipinski definition) is 1. The summed E-state index contributed by atoms with van der Waals surface area (Å²) in [5.41, 5.74) is 2.26. The summed E-state index contributed by atoms with van der Waals surface area (Å²) in [4.78, 5) is 16.3. The number of anilines is 1. The lowest BCUT2D eigenvalue weighted by Crippen LogP contribution is -2.11. The van der Waals surface area contributed by atoms with E-state index < -0.39 is 5.82 Å². The molecule has 0 aliphatic heterocycles. The first-order chi connectivity index (χ1) is 9.61. The molecule has 1 amide bonds. The van der Waals surface area contributed by atoms with Crippen LogP contribution in [-0.2, 0) is 0 Å². The van der Waals surface area contributed by atoms with Gasteiger partial charge in [-0.1, -0.05) is 23.5 Å². The van der Waals surface area contributed by atoms with Gasteiger partial charge in [-0.05, 0) is 42.8 Å². The van der Waals surface area contributed by atoms with Crippen LogP contribution in [0.1, 0.15) is 15.9 Å². The second-order valence-corrected chi connectivity index (χ2v) is 5.49. The SMILES string of the molecule is Cc1ccc2nc(NC(=O)c3cccc([18F])c3)sc2c1. The zero-order valence-electron chi connectivity index (χ0n) is 10.7. The van der Waals surface area contributed by atoms with Crippen molar-refractivity contribution < 1.29 is 9.18 Å². The molecule has 1 aromatic heterocycles. The number of nitrogens with zero attached hydrogens (tertiary/aromatic N) is 1. The molecular formula is C15H11FN2OS. The lowest BCUT2D eigenvalue weighted by molar-refractivity contribution is 0.102. The van der Waals surface area contributed by atoms with E-state index in [1.54, 1.807) is 6.07 Å². The maximum absolute atomic E-state index is 13.1. The number of hydrogen-bond acceptors (Lipinski definition) is 3. The number of rotatable bonds is 2. The molecular weight excluding hydrogens is 274 g/mol. The molecule has 5 heteroatoms. The average Bonchev–Trinajstić information content (AvgIpc) is 2.80. The highest BCUT2D eigenvalue weighted by Gasteiger charge is 2.10. The lowest BCUT2D eigenvalue weighted by Gasteiger charge is -2.00. The Balaban J connectivity index is 1.87. The third-order valence-electron chi connectivity index (χ3n) is 2.85. The van der Waals surface area contributed by atoms with E-state index >= 15 is 0 Å². The van der Waals surface area contributed by atoms with E-state index in [9.17, 15) is 9.18 Å². The molecule has 0 radical (unpaired) electrons. The normalized spacial score (nSPS) is 10.7. The first-order valence-corrected chi connectivity index (χ1v) is 6.87. The Morgan fingerprint density at radius 1 is 1.25 bits per heavy atom. The van der Waals surface area contributed by atoms with Crippen LogP contribution in [0.15, 0.2) is 42.5 Å². The van der Waals surface area contributed by atoms with Crippen LogP contribution in [0, 0.1) is 12.7 Å². The smallest absolute Gasteiger partial charge is 0.257 e. The van der Waals surface area contributed by atoms with Crippen LogP contribution >= 0.6 is 11.3 Å².